The van der Waals surface area contributed by atoms with Gasteiger partial charge >= 0.3 is 5.97 Å². The Labute approximate surface area is 208 Å². The molecule has 34 heavy (non-hydrogen) atoms. The quantitative estimate of drug-likeness (QED) is 0.244. The number of carbonyl (C=O) groups excluding carboxylic acids is 1. The summed E-state index contributed by atoms with van der Waals surface area (Å²) in [7, 11) is 0. The van der Waals surface area contributed by atoms with E-state index in [0.717, 1.165) is 43.1 Å². The van der Waals surface area contributed by atoms with E-state index in [2.05, 4.69) is 4.90 Å². The molecule has 5 atom stereocenters. The fourth-order valence-electron chi connectivity index (χ4n) is 6.71. The van der Waals surface area contributed by atoms with Crippen molar-refractivity contribution >= 4 is 30.6 Å². The molecule has 1 saturated carbocycles. The molecule has 1 amide bonds. The van der Waals surface area contributed by atoms with E-state index in [9.17, 15) is 24.8 Å². The number of aliphatic carboxylic acids is 1. The van der Waals surface area contributed by atoms with Crippen molar-refractivity contribution in [1.29, 1.82) is 0 Å². The van der Waals surface area contributed by atoms with E-state index in [-0.39, 0.29) is 30.5 Å². The van der Waals surface area contributed by atoms with Crippen LogP contribution in [0.2, 0.25) is 13.1 Å². The summed E-state index contributed by atoms with van der Waals surface area (Å²) < 4.78 is 0. The van der Waals surface area contributed by atoms with Gasteiger partial charge < -0.3 is 20.1 Å². The molecule has 0 aromatic heterocycles. The van der Waals surface area contributed by atoms with Crippen molar-refractivity contribution in [3.63, 3.8) is 0 Å². The molecule has 0 aromatic rings. The van der Waals surface area contributed by atoms with Crippen molar-refractivity contribution in [2.45, 2.75) is 102 Å². The van der Waals surface area contributed by atoms with E-state index < -0.39 is 18.0 Å². The SMILES string of the molecule is CB(O)CCCCC1CCC(N2CC[C@@H](SC3=C(C(=O)O)N4C(=O)[C@H]([C@@H](C)O)[C@H]4[C@H]3C)C2)CC1. The number of hydrogen-bond acceptors (Lipinski definition) is 6. The topological polar surface area (TPSA) is 101 Å². The minimum absolute atomic E-state index is 0.0493. The first-order chi connectivity index (χ1) is 16.2. The average Bonchev–Trinajstić information content (AvgIpc) is 3.33. The van der Waals surface area contributed by atoms with Crippen LogP contribution in [0.3, 0.4) is 0 Å². The first kappa shape index (κ1) is 26.0. The molecule has 3 fully saturated rings. The molecule has 2 saturated heterocycles. The van der Waals surface area contributed by atoms with Crippen molar-refractivity contribution in [2.24, 2.45) is 17.8 Å². The molecule has 3 aliphatic heterocycles. The second-order valence-corrected chi connectivity index (χ2v) is 12.4. The molecule has 1 aliphatic carbocycles. The second kappa shape index (κ2) is 10.9. The van der Waals surface area contributed by atoms with Gasteiger partial charge in [0.15, 0.2) is 0 Å². The molecule has 4 aliphatic rings. The average molecular weight is 492 g/mol. The number of likely N-dealkylation sites (tertiary alicyclic amines) is 1. The van der Waals surface area contributed by atoms with Gasteiger partial charge in [-0.3, -0.25) is 9.69 Å². The third kappa shape index (κ3) is 5.23. The zero-order chi connectivity index (χ0) is 24.6. The van der Waals surface area contributed by atoms with Crippen molar-refractivity contribution in [1.82, 2.24) is 9.80 Å². The van der Waals surface area contributed by atoms with Gasteiger partial charge in [-0.25, -0.2) is 4.79 Å². The van der Waals surface area contributed by atoms with E-state index in [1.807, 2.05) is 13.7 Å². The van der Waals surface area contributed by atoms with Crippen LogP contribution in [0.25, 0.3) is 0 Å². The van der Waals surface area contributed by atoms with Crippen LogP contribution in [0.5, 0.6) is 0 Å². The summed E-state index contributed by atoms with van der Waals surface area (Å²) in [6.07, 6.45) is 9.90. The van der Waals surface area contributed by atoms with E-state index >= 15 is 0 Å². The number of carbonyl (C=O) groups is 2. The standard InChI is InChI=1S/C25H41BN2O5S/c1-15-21-20(16(2)29)24(30)28(21)22(25(31)32)23(15)34-19-11-13-27(14-19)18-9-7-17(8-10-18)6-4-5-12-26(3)33/h15-21,29,33H,4-14H2,1-3H3,(H,31,32)/t15-,16-,17?,18?,19-,20-,21-/m1/s1. The number of carboxylic acid groups (broad SMARTS) is 1. The molecule has 0 bridgehead atoms. The predicted molar refractivity (Wildman–Crippen MR) is 135 cm³/mol. The van der Waals surface area contributed by atoms with Crippen LogP contribution < -0.4 is 0 Å². The maximum atomic E-state index is 12.6. The van der Waals surface area contributed by atoms with Gasteiger partial charge in [0.05, 0.1) is 18.1 Å². The van der Waals surface area contributed by atoms with Crippen molar-refractivity contribution < 1.29 is 24.8 Å². The van der Waals surface area contributed by atoms with Crippen LogP contribution >= 0.6 is 11.8 Å². The Hall–Kier alpha value is -1.03. The van der Waals surface area contributed by atoms with E-state index in [4.69, 9.17) is 0 Å². The fraction of sp³-hybridized carbons (Fsp3) is 0.840. The molecule has 0 radical (unpaired) electrons. The molecular formula is C25H41BN2O5S. The molecule has 9 heteroatoms. The minimum Gasteiger partial charge on any atom is -0.477 e. The minimum atomic E-state index is -1.03. The van der Waals surface area contributed by atoms with Gasteiger partial charge in [-0.2, -0.15) is 0 Å². The van der Waals surface area contributed by atoms with Gasteiger partial charge in [-0.15, -0.1) is 11.8 Å². The highest BCUT2D eigenvalue weighted by Gasteiger charge is 2.60. The molecule has 0 aromatic carbocycles. The lowest BCUT2D eigenvalue weighted by Crippen LogP contribution is -2.63. The Morgan fingerprint density at radius 1 is 1.21 bits per heavy atom. The number of fused-ring (bicyclic) bond motifs is 1. The normalized spacial score (nSPS) is 34.9. The summed E-state index contributed by atoms with van der Waals surface area (Å²) >= 11 is 1.67. The van der Waals surface area contributed by atoms with Gasteiger partial charge in [-0.05, 0) is 57.8 Å². The number of rotatable bonds is 10. The van der Waals surface area contributed by atoms with Gasteiger partial charge in [-0.1, -0.05) is 33.0 Å². The first-order valence-electron chi connectivity index (χ1n) is 13.3. The number of thioether (sulfide) groups is 1. The number of hydrogen-bond donors (Lipinski definition) is 3. The monoisotopic (exact) mass is 492 g/mol. The van der Waals surface area contributed by atoms with Crippen molar-refractivity contribution in [2.75, 3.05) is 13.1 Å². The van der Waals surface area contributed by atoms with Crippen molar-refractivity contribution in [3.05, 3.63) is 10.6 Å². The van der Waals surface area contributed by atoms with Crippen LogP contribution in [0, 0.1) is 17.8 Å². The molecule has 3 heterocycles. The molecule has 3 N–H and O–H groups in total. The maximum Gasteiger partial charge on any atom is 0.353 e. The number of β-lactam (4-membered cyclic amide) rings is 1. The third-order valence-electron chi connectivity index (χ3n) is 8.60. The van der Waals surface area contributed by atoms with E-state index in [1.54, 1.807) is 18.7 Å². The molecule has 0 unspecified atom stereocenters. The Bertz CT molecular complexity index is 798. The van der Waals surface area contributed by atoms with Crippen molar-refractivity contribution in [3.8, 4) is 0 Å². The summed E-state index contributed by atoms with van der Waals surface area (Å²) in [5.74, 6) is -1.01. The predicted octanol–water partition coefficient (Wildman–Crippen LogP) is 3.29. The van der Waals surface area contributed by atoms with Crippen LogP contribution in [-0.2, 0) is 9.59 Å². The lowest BCUT2D eigenvalue weighted by atomic mass is 9.66. The van der Waals surface area contributed by atoms with Crippen LogP contribution in [-0.4, -0.2) is 80.4 Å². The first-order valence-corrected chi connectivity index (χ1v) is 14.1. The number of unbranched alkanes of at least 4 members (excludes halogenated alkanes) is 1. The van der Waals surface area contributed by atoms with E-state index in [1.165, 1.54) is 43.4 Å². The van der Waals surface area contributed by atoms with Crippen LogP contribution in [0.1, 0.15) is 65.2 Å². The lowest BCUT2D eigenvalue weighted by molar-refractivity contribution is -0.163. The molecule has 4 rings (SSSR count). The Morgan fingerprint density at radius 3 is 2.53 bits per heavy atom. The zero-order valence-electron chi connectivity index (χ0n) is 20.9. The molecule has 7 nitrogen and oxygen atoms in total. The highest BCUT2D eigenvalue weighted by atomic mass is 32.2. The Morgan fingerprint density at radius 2 is 1.91 bits per heavy atom. The van der Waals surface area contributed by atoms with Gasteiger partial charge in [0.2, 0.25) is 5.91 Å². The Kier molecular flexibility index (Phi) is 8.38. The number of amides is 1. The van der Waals surface area contributed by atoms with Crippen LogP contribution in [0.4, 0.5) is 0 Å². The smallest absolute Gasteiger partial charge is 0.353 e. The summed E-state index contributed by atoms with van der Waals surface area (Å²) in [5.41, 5.74) is 0.152. The van der Waals surface area contributed by atoms with Crippen LogP contribution in [0.15, 0.2) is 10.6 Å². The number of aliphatic hydroxyl groups excluding tert-OH is 1. The number of carboxylic acids is 1. The molecule has 190 valence electrons. The third-order valence-corrected chi connectivity index (χ3v) is 10.1. The fourth-order valence-corrected chi connectivity index (χ4v) is 8.21. The highest BCUT2D eigenvalue weighted by molar-refractivity contribution is 8.03. The maximum absolute atomic E-state index is 12.6. The number of nitrogens with zero attached hydrogens (tertiary/aromatic N) is 2. The Balaban J connectivity index is 1.28. The molecule has 0 spiro atoms. The lowest BCUT2D eigenvalue weighted by Gasteiger charge is -2.46. The second-order valence-electron chi connectivity index (χ2n) is 11.1. The van der Waals surface area contributed by atoms with E-state index in [0.29, 0.717) is 11.3 Å². The summed E-state index contributed by atoms with van der Waals surface area (Å²) in [4.78, 5) is 29.5. The summed E-state index contributed by atoms with van der Waals surface area (Å²) in [5, 5.41) is 29.7. The van der Waals surface area contributed by atoms with Gasteiger partial charge in [0.25, 0.3) is 6.92 Å². The van der Waals surface area contributed by atoms with Gasteiger partial charge in [0, 0.05) is 28.7 Å². The summed E-state index contributed by atoms with van der Waals surface area (Å²) in [6, 6.07) is 0.406. The molecular weight excluding hydrogens is 451 g/mol. The largest absolute Gasteiger partial charge is 0.477 e. The summed E-state index contributed by atoms with van der Waals surface area (Å²) in [6.45, 7) is 7.36. The highest BCUT2D eigenvalue weighted by Crippen LogP contribution is 2.52. The zero-order valence-corrected chi connectivity index (χ0v) is 21.7. The number of aliphatic hydroxyl groups is 1. The van der Waals surface area contributed by atoms with Gasteiger partial charge in [0.1, 0.15) is 5.70 Å².